The van der Waals surface area contributed by atoms with Crippen molar-refractivity contribution in [2.45, 2.75) is 24.9 Å². The molecule has 62 valence electrons. The molecule has 0 aromatic rings. The highest BCUT2D eigenvalue weighted by atomic mass is 16.4. The molecular formula is C5H13NO4. The second kappa shape index (κ2) is 3.27. The van der Waals surface area contributed by atoms with Crippen molar-refractivity contribution in [1.82, 2.24) is 0 Å². The maximum absolute atomic E-state index is 8.88. The van der Waals surface area contributed by atoms with Gasteiger partial charge in [0.25, 0.3) is 0 Å². The molecule has 0 saturated carbocycles. The maximum Gasteiger partial charge on any atom is 0.165 e. The SMILES string of the molecule is CC(O)C(O)C(N)(O)CO. The number of aliphatic hydroxyl groups is 4. The molecule has 0 spiro atoms. The van der Waals surface area contributed by atoms with Crippen molar-refractivity contribution in [3.8, 4) is 0 Å². The van der Waals surface area contributed by atoms with Crippen molar-refractivity contribution >= 4 is 0 Å². The highest BCUT2D eigenvalue weighted by Gasteiger charge is 2.33. The fraction of sp³-hybridized carbons (Fsp3) is 1.00. The highest BCUT2D eigenvalue weighted by molar-refractivity contribution is 4.82. The summed E-state index contributed by atoms with van der Waals surface area (Å²) in [6, 6.07) is 0. The standard InChI is InChI=1S/C5H13NO4/c1-3(8)4(9)5(6,10)2-7/h3-4,7-10H,2,6H2,1H3. The molecule has 5 nitrogen and oxygen atoms in total. The van der Waals surface area contributed by atoms with Crippen molar-refractivity contribution in [2.75, 3.05) is 6.61 Å². The van der Waals surface area contributed by atoms with Gasteiger partial charge in [-0.05, 0) is 6.92 Å². The van der Waals surface area contributed by atoms with Gasteiger partial charge in [-0.25, -0.2) is 0 Å². The lowest BCUT2D eigenvalue weighted by atomic mass is 10.0. The second-order valence-corrected chi connectivity index (χ2v) is 2.33. The van der Waals surface area contributed by atoms with Gasteiger partial charge in [-0.15, -0.1) is 0 Å². The van der Waals surface area contributed by atoms with Crippen LogP contribution in [0, 0.1) is 0 Å². The van der Waals surface area contributed by atoms with E-state index in [1.165, 1.54) is 6.92 Å². The maximum atomic E-state index is 8.88. The normalized spacial score (nSPS) is 23.4. The number of hydrogen-bond acceptors (Lipinski definition) is 5. The van der Waals surface area contributed by atoms with E-state index in [2.05, 4.69) is 0 Å². The first-order valence-electron chi connectivity index (χ1n) is 2.90. The monoisotopic (exact) mass is 151 g/mol. The minimum absolute atomic E-state index is 0.793. The minimum Gasteiger partial charge on any atom is -0.392 e. The molecule has 5 heteroatoms. The fourth-order valence-corrected chi connectivity index (χ4v) is 0.511. The Morgan fingerprint density at radius 1 is 1.50 bits per heavy atom. The third-order valence-corrected chi connectivity index (χ3v) is 1.22. The van der Waals surface area contributed by atoms with Gasteiger partial charge in [0.2, 0.25) is 0 Å². The average molecular weight is 151 g/mol. The third kappa shape index (κ3) is 2.20. The Bertz CT molecular complexity index is 104. The topological polar surface area (TPSA) is 107 Å². The van der Waals surface area contributed by atoms with Crippen LogP contribution in [0.25, 0.3) is 0 Å². The fourth-order valence-electron chi connectivity index (χ4n) is 0.511. The molecule has 0 saturated heterocycles. The summed E-state index contributed by atoms with van der Waals surface area (Å²) >= 11 is 0. The van der Waals surface area contributed by atoms with Gasteiger partial charge < -0.3 is 20.4 Å². The molecule has 0 bridgehead atoms. The van der Waals surface area contributed by atoms with Crippen molar-refractivity contribution < 1.29 is 20.4 Å². The Hall–Kier alpha value is -0.200. The number of hydrogen-bond donors (Lipinski definition) is 5. The number of rotatable bonds is 3. The van der Waals surface area contributed by atoms with Crippen LogP contribution in [0.2, 0.25) is 0 Å². The summed E-state index contributed by atoms with van der Waals surface area (Å²) in [4.78, 5) is 0. The highest BCUT2D eigenvalue weighted by Crippen LogP contribution is 2.05. The van der Waals surface area contributed by atoms with Crippen LogP contribution in [-0.2, 0) is 0 Å². The molecule has 10 heavy (non-hydrogen) atoms. The van der Waals surface area contributed by atoms with E-state index in [-0.39, 0.29) is 0 Å². The zero-order valence-corrected chi connectivity index (χ0v) is 5.73. The molecule has 3 unspecified atom stereocenters. The lowest BCUT2D eigenvalue weighted by molar-refractivity contribution is -0.138. The van der Waals surface area contributed by atoms with E-state index in [4.69, 9.17) is 26.2 Å². The Kier molecular flexibility index (Phi) is 3.20. The summed E-state index contributed by atoms with van der Waals surface area (Å²) in [7, 11) is 0. The van der Waals surface area contributed by atoms with Gasteiger partial charge in [0.1, 0.15) is 6.10 Å². The van der Waals surface area contributed by atoms with E-state index in [1.807, 2.05) is 0 Å². The van der Waals surface area contributed by atoms with E-state index >= 15 is 0 Å². The van der Waals surface area contributed by atoms with Gasteiger partial charge in [0.05, 0.1) is 12.7 Å². The van der Waals surface area contributed by atoms with Crippen molar-refractivity contribution in [3.63, 3.8) is 0 Å². The van der Waals surface area contributed by atoms with Gasteiger partial charge in [0.15, 0.2) is 5.72 Å². The molecule has 0 aromatic heterocycles. The Balaban J connectivity index is 4.03. The van der Waals surface area contributed by atoms with Crippen molar-refractivity contribution in [2.24, 2.45) is 5.73 Å². The lowest BCUT2D eigenvalue weighted by Crippen LogP contribution is -2.57. The van der Waals surface area contributed by atoms with Crippen molar-refractivity contribution in [3.05, 3.63) is 0 Å². The average Bonchev–Trinajstić information content (AvgIpc) is 1.86. The first-order valence-corrected chi connectivity index (χ1v) is 2.90. The summed E-state index contributed by atoms with van der Waals surface area (Å²) in [5.41, 5.74) is 2.84. The van der Waals surface area contributed by atoms with Crippen molar-refractivity contribution in [1.29, 1.82) is 0 Å². The predicted octanol–water partition coefficient (Wildman–Crippen LogP) is -2.63. The first-order chi connectivity index (χ1) is 4.41. The Morgan fingerprint density at radius 3 is 2.00 bits per heavy atom. The number of nitrogens with two attached hydrogens (primary N) is 1. The van der Waals surface area contributed by atoms with Crippen LogP contribution >= 0.6 is 0 Å². The van der Waals surface area contributed by atoms with Gasteiger partial charge >= 0.3 is 0 Å². The van der Waals surface area contributed by atoms with Gasteiger partial charge in [-0.1, -0.05) is 0 Å². The molecule has 0 fully saturated rings. The zero-order chi connectivity index (χ0) is 8.36. The van der Waals surface area contributed by atoms with Crippen LogP contribution in [0.1, 0.15) is 6.92 Å². The molecule has 0 aliphatic rings. The Labute approximate surface area is 58.7 Å². The molecular weight excluding hydrogens is 138 g/mol. The molecule has 0 radical (unpaired) electrons. The van der Waals surface area contributed by atoms with E-state index in [1.54, 1.807) is 0 Å². The number of aliphatic hydroxyl groups excluding tert-OH is 3. The summed E-state index contributed by atoms with van der Waals surface area (Å²) in [5.74, 6) is 0. The molecule has 0 aliphatic carbocycles. The van der Waals surface area contributed by atoms with Crippen LogP contribution in [0.15, 0.2) is 0 Å². The van der Waals surface area contributed by atoms with Crippen LogP contribution in [-0.4, -0.2) is 45.0 Å². The molecule has 0 heterocycles. The summed E-state index contributed by atoms with van der Waals surface area (Å²) in [5, 5.41) is 34.8. The summed E-state index contributed by atoms with van der Waals surface area (Å²) in [6.45, 7) is 0.469. The second-order valence-electron chi connectivity index (χ2n) is 2.33. The smallest absolute Gasteiger partial charge is 0.165 e. The van der Waals surface area contributed by atoms with E-state index in [9.17, 15) is 0 Å². The Morgan fingerprint density at radius 2 is 1.90 bits per heavy atom. The first kappa shape index (κ1) is 9.80. The molecule has 0 amide bonds. The van der Waals surface area contributed by atoms with Crippen LogP contribution < -0.4 is 5.73 Å². The molecule has 6 N–H and O–H groups in total. The lowest BCUT2D eigenvalue weighted by Gasteiger charge is -2.28. The van der Waals surface area contributed by atoms with E-state index < -0.39 is 24.5 Å². The van der Waals surface area contributed by atoms with Gasteiger partial charge in [-0.3, -0.25) is 5.73 Å². The molecule has 3 atom stereocenters. The van der Waals surface area contributed by atoms with Gasteiger partial charge in [-0.2, -0.15) is 0 Å². The summed E-state index contributed by atoms with van der Waals surface area (Å²) < 4.78 is 0. The van der Waals surface area contributed by atoms with Crippen LogP contribution in [0.4, 0.5) is 0 Å². The third-order valence-electron chi connectivity index (χ3n) is 1.22. The quantitative estimate of drug-likeness (QED) is 0.284. The van der Waals surface area contributed by atoms with Crippen LogP contribution in [0.3, 0.4) is 0 Å². The summed E-state index contributed by atoms with van der Waals surface area (Å²) in [6.07, 6.45) is -2.69. The predicted molar refractivity (Wildman–Crippen MR) is 33.9 cm³/mol. The minimum atomic E-state index is -2.12. The van der Waals surface area contributed by atoms with Gasteiger partial charge in [0, 0.05) is 0 Å². The van der Waals surface area contributed by atoms with E-state index in [0.29, 0.717) is 0 Å². The van der Waals surface area contributed by atoms with Crippen LogP contribution in [0.5, 0.6) is 0 Å². The molecule has 0 rings (SSSR count). The molecule has 0 aliphatic heterocycles. The zero-order valence-electron chi connectivity index (χ0n) is 5.73. The van der Waals surface area contributed by atoms with E-state index in [0.717, 1.165) is 0 Å². The largest absolute Gasteiger partial charge is 0.392 e. The molecule has 0 aromatic carbocycles.